The fourth-order valence-corrected chi connectivity index (χ4v) is 2.04. The van der Waals surface area contributed by atoms with E-state index in [1.165, 1.54) is 7.11 Å². The molecule has 2 amide bonds. The summed E-state index contributed by atoms with van der Waals surface area (Å²) in [6, 6.07) is 1.75. The summed E-state index contributed by atoms with van der Waals surface area (Å²) < 4.78 is 31.0. The van der Waals surface area contributed by atoms with E-state index in [1.54, 1.807) is 20.8 Å². The molecule has 0 aliphatic heterocycles. The molecule has 6 nitrogen and oxygen atoms in total. The van der Waals surface area contributed by atoms with Gasteiger partial charge in [-0.3, -0.25) is 9.59 Å². The predicted octanol–water partition coefficient (Wildman–Crippen LogP) is 1.79. The molecule has 0 aliphatic rings. The van der Waals surface area contributed by atoms with Gasteiger partial charge in [0.05, 0.1) is 12.7 Å². The van der Waals surface area contributed by atoms with Gasteiger partial charge in [-0.25, -0.2) is 13.6 Å². The summed E-state index contributed by atoms with van der Waals surface area (Å²) in [6.45, 7) is 5.25. The molecule has 0 heterocycles. The third kappa shape index (κ3) is 6.13. The van der Waals surface area contributed by atoms with Crippen LogP contribution in [0.4, 0.5) is 8.78 Å². The second-order valence-electron chi connectivity index (χ2n) is 6.52. The molecule has 1 atom stereocenters. The monoisotopic (exact) mass is 356 g/mol. The van der Waals surface area contributed by atoms with Crippen LogP contribution in [0.25, 0.3) is 0 Å². The predicted molar refractivity (Wildman–Crippen MR) is 86.7 cm³/mol. The fourth-order valence-electron chi connectivity index (χ4n) is 2.04. The maximum Gasteiger partial charge on any atom is 0.328 e. The Morgan fingerprint density at radius 3 is 2.36 bits per heavy atom. The summed E-state index contributed by atoms with van der Waals surface area (Å²) in [7, 11) is 1.23. The number of halogens is 2. The number of esters is 1. The van der Waals surface area contributed by atoms with Gasteiger partial charge in [-0.2, -0.15) is 0 Å². The Hall–Kier alpha value is -2.51. The van der Waals surface area contributed by atoms with E-state index in [0.717, 1.165) is 12.1 Å². The normalized spacial score (nSPS) is 12.2. The third-order valence-electron chi connectivity index (χ3n) is 3.42. The molecule has 1 aromatic carbocycles. The molecule has 1 rings (SSSR count). The van der Waals surface area contributed by atoms with Gasteiger partial charge in [0, 0.05) is 19.0 Å². The molecule has 25 heavy (non-hydrogen) atoms. The number of ether oxygens (including phenoxy) is 1. The van der Waals surface area contributed by atoms with Crippen molar-refractivity contribution in [2.24, 2.45) is 5.41 Å². The number of hydrogen-bond donors (Lipinski definition) is 2. The van der Waals surface area contributed by atoms with Crippen molar-refractivity contribution < 1.29 is 27.9 Å². The highest BCUT2D eigenvalue weighted by Gasteiger charge is 2.33. The molecule has 138 valence electrons. The average molecular weight is 356 g/mol. The van der Waals surface area contributed by atoms with E-state index in [-0.39, 0.29) is 18.5 Å². The zero-order valence-electron chi connectivity index (χ0n) is 14.6. The molecule has 0 spiro atoms. The Bertz CT molecular complexity index is 657. The van der Waals surface area contributed by atoms with Gasteiger partial charge in [0.25, 0.3) is 5.91 Å². The molecule has 0 saturated heterocycles. The van der Waals surface area contributed by atoms with Crippen molar-refractivity contribution >= 4 is 17.8 Å². The van der Waals surface area contributed by atoms with Crippen molar-refractivity contribution in [3.63, 3.8) is 0 Å². The first-order valence-corrected chi connectivity index (χ1v) is 7.66. The second-order valence-corrected chi connectivity index (χ2v) is 6.52. The van der Waals surface area contributed by atoms with E-state index < -0.39 is 40.9 Å². The Labute approximate surface area is 144 Å². The van der Waals surface area contributed by atoms with E-state index in [0.29, 0.717) is 6.07 Å². The van der Waals surface area contributed by atoms with Gasteiger partial charge in [-0.05, 0) is 17.5 Å². The van der Waals surface area contributed by atoms with Gasteiger partial charge in [0.1, 0.15) is 17.7 Å². The van der Waals surface area contributed by atoms with Crippen molar-refractivity contribution in [3.05, 3.63) is 35.4 Å². The average Bonchev–Trinajstić information content (AvgIpc) is 2.50. The number of methoxy groups -OCH3 is 1. The Morgan fingerprint density at radius 2 is 1.84 bits per heavy atom. The maximum atomic E-state index is 13.5. The quantitative estimate of drug-likeness (QED) is 0.761. The van der Waals surface area contributed by atoms with E-state index in [4.69, 9.17) is 0 Å². The molecular formula is C17H22F2N2O4. The first kappa shape index (κ1) is 20.5. The van der Waals surface area contributed by atoms with Crippen LogP contribution in [0, 0.1) is 17.0 Å². The van der Waals surface area contributed by atoms with Gasteiger partial charge in [0.15, 0.2) is 0 Å². The van der Waals surface area contributed by atoms with Crippen molar-refractivity contribution in [3.8, 4) is 0 Å². The number of rotatable bonds is 6. The molecule has 8 heteroatoms. The lowest BCUT2D eigenvalue weighted by molar-refractivity contribution is -0.148. The van der Waals surface area contributed by atoms with E-state index >= 15 is 0 Å². The second kappa shape index (κ2) is 8.55. The lowest BCUT2D eigenvalue weighted by Gasteiger charge is -2.29. The lowest BCUT2D eigenvalue weighted by atomic mass is 9.86. The Kier molecular flexibility index (Phi) is 7.02. The molecule has 0 unspecified atom stereocenters. The molecule has 0 aromatic heterocycles. The fraction of sp³-hybridized carbons (Fsp3) is 0.471. The highest BCUT2D eigenvalue weighted by Crippen LogP contribution is 2.20. The number of benzene rings is 1. The highest BCUT2D eigenvalue weighted by molar-refractivity contribution is 5.94. The van der Waals surface area contributed by atoms with Gasteiger partial charge in [-0.1, -0.05) is 20.8 Å². The Morgan fingerprint density at radius 1 is 1.20 bits per heavy atom. The van der Waals surface area contributed by atoms with Gasteiger partial charge in [0.2, 0.25) is 5.91 Å². The van der Waals surface area contributed by atoms with Gasteiger partial charge >= 0.3 is 5.97 Å². The minimum atomic E-state index is -0.986. The van der Waals surface area contributed by atoms with Crippen LogP contribution in [0.1, 0.15) is 37.6 Å². The van der Waals surface area contributed by atoms with Crippen LogP contribution in [0.5, 0.6) is 0 Å². The molecule has 0 fully saturated rings. The van der Waals surface area contributed by atoms with E-state index in [9.17, 15) is 23.2 Å². The summed E-state index contributed by atoms with van der Waals surface area (Å²) in [5.74, 6) is -3.57. The van der Waals surface area contributed by atoms with Crippen molar-refractivity contribution in [1.29, 1.82) is 0 Å². The van der Waals surface area contributed by atoms with Crippen LogP contribution < -0.4 is 10.6 Å². The largest absolute Gasteiger partial charge is 0.467 e. The molecule has 1 aromatic rings. The molecule has 0 bridgehead atoms. The lowest BCUT2D eigenvalue weighted by Crippen LogP contribution is -2.50. The molecule has 0 aliphatic carbocycles. The SMILES string of the molecule is COC(=O)[C@@H](NC(=O)CCNC(=O)c1ccc(F)cc1F)C(C)(C)C. The van der Waals surface area contributed by atoms with E-state index in [2.05, 4.69) is 15.4 Å². The number of nitrogens with one attached hydrogen (secondary N) is 2. The number of carbonyl (C=O) groups is 3. The summed E-state index contributed by atoms with van der Waals surface area (Å²) in [5.41, 5.74) is -0.868. The smallest absolute Gasteiger partial charge is 0.328 e. The van der Waals surface area contributed by atoms with Crippen molar-refractivity contribution in [2.75, 3.05) is 13.7 Å². The summed E-state index contributed by atoms with van der Waals surface area (Å²) in [6.07, 6.45) is -0.113. The highest BCUT2D eigenvalue weighted by atomic mass is 19.1. The van der Waals surface area contributed by atoms with Crippen LogP contribution in [0.15, 0.2) is 18.2 Å². The van der Waals surface area contributed by atoms with Gasteiger partial charge in [-0.15, -0.1) is 0 Å². The Balaban J connectivity index is 2.56. The van der Waals surface area contributed by atoms with Crippen LogP contribution in [0.3, 0.4) is 0 Å². The van der Waals surface area contributed by atoms with Crippen LogP contribution in [-0.4, -0.2) is 37.5 Å². The third-order valence-corrected chi connectivity index (χ3v) is 3.42. The van der Waals surface area contributed by atoms with E-state index in [1.807, 2.05) is 0 Å². The minimum Gasteiger partial charge on any atom is -0.467 e. The molecule has 0 radical (unpaired) electrons. The number of carbonyl (C=O) groups excluding carboxylic acids is 3. The molecule has 2 N–H and O–H groups in total. The van der Waals surface area contributed by atoms with Crippen molar-refractivity contribution in [1.82, 2.24) is 10.6 Å². The van der Waals surface area contributed by atoms with Gasteiger partial charge < -0.3 is 15.4 Å². The molecule has 0 saturated carbocycles. The number of hydrogen-bond acceptors (Lipinski definition) is 4. The number of amides is 2. The maximum absolute atomic E-state index is 13.5. The first-order valence-electron chi connectivity index (χ1n) is 7.66. The van der Waals surface area contributed by atoms with Crippen LogP contribution in [-0.2, 0) is 14.3 Å². The summed E-state index contributed by atoms with van der Waals surface area (Å²) in [5, 5.41) is 4.92. The van der Waals surface area contributed by atoms with Crippen LogP contribution in [0.2, 0.25) is 0 Å². The topological polar surface area (TPSA) is 84.5 Å². The summed E-state index contributed by atoms with van der Waals surface area (Å²) >= 11 is 0. The zero-order chi connectivity index (χ0) is 19.2. The van der Waals surface area contributed by atoms with Crippen molar-refractivity contribution in [2.45, 2.75) is 33.2 Å². The minimum absolute atomic E-state index is 0.0699. The summed E-state index contributed by atoms with van der Waals surface area (Å²) in [4.78, 5) is 35.5. The van der Waals surface area contributed by atoms with Crippen LogP contribution >= 0.6 is 0 Å². The molecular weight excluding hydrogens is 334 g/mol. The first-order chi connectivity index (χ1) is 11.6. The standard InChI is InChI=1S/C17H22F2N2O4/c1-17(2,3)14(16(24)25-4)21-13(22)7-8-20-15(23)11-6-5-10(18)9-12(11)19/h5-6,9,14H,7-8H2,1-4H3,(H,20,23)(H,21,22)/t14-/m1/s1. The zero-order valence-corrected chi connectivity index (χ0v) is 14.6.